The van der Waals surface area contributed by atoms with Crippen LogP contribution in [0.25, 0.3) is 0 Å². The first-order valence-electron chi connectivity index (χ1n) is 3.69. The summed E-state index contributed by atoms with van der Waals surface area (Å²) in [5, 5.41) is 8.79. The van der Waals surface area contributed by atoms with E-state index in [9.17, 15) is 4.79 Å². The minimum absolute atomic E-state index is 0.316. The fourth-order valence-electron chi connectivity index (χ4n) is 0.890. The first-order chi connectivity index (χ1) is 5.50. The summed E-state index contributed by atoms with van der Waals surface area (Å²) in [5.74, 6) is -0.851. The second-order valence-electron chi connectivity index (χ2n) is 2.54. The lowest BCUT2D eigenvalue weighted by Gasteiger charge is -2.24. The van der Waals surface area contributed by atoms with Crippen molar-refractivity contribution in [1.82, 2.24) is 4.90 Å². The summed E-state index contributed by atoms with van der Waals surface area (Å²) >= 11 is 8.67. The highest BCUT2D eigenvalue weighted by molar-refractivity contribution is 8.10. The number of nitrogens with zero attached hydrogens (tertiary/aromatic N) is 1. The van der Waals surface area contributed by atoms with Gasteiger partial charge < -0.3 is 10.0 Å². The highest BCUT2D eigenvalue weighted by Gasteiger charge is 2.21. The number of aliphatic carboxylic acids is 1. The van der Waals surface area contributed by atoms with Gasteiger partial charge in [-0.25, -0.2) is 4.79 Å². The summed E-state index contributed by atoms with van der Waals surface area (Å²) in [7, 11) is 1.64. The summed E-state index contributed by atoms with van der Waals surface area (Å²) in [6.45, 7) is 1.94. The van der Waals surface area contributed by atoms with Gasteiger partial charge in [0.2, 0.25) is 0 Å². The quantitative estimate of drug-likeness (QED) is 0.540. The summed E-state index contributed by atoms with van der Waals surface area (Å²) in [6.07, 6.45) is 1.41. The van der Waals surface area contributed by atoms with E-state index in [1.54, 1.807) is 7.05 Å². The second-order valence-corrected chi connectivity index (χ2v) is 3.65. The van der Waals surface area contributed by atoms with E-state index in [0.717, 1.165) is 6.42 Å². The minimum atomic E-state index is -0.851. The summed E-state index contributed by atoms with van der Waals surface area (Å²) < 4.78 is 0.316. The second kappa shape index (κ2) is 5.37. The molecule has 0 spiro atoms. The molecule has 0 fully saturated rings. The molecule has 0 aliphatic rings. The largest absolute Gasteiger partial charge is 0.480 e. The number of hydrogen-bond acceptors (Lipinski definition) is 2. The summed E-state index contributed by atoms with van der Waals surface area (Å²) in [6, 6.07) is -0.542. The van der Waals surface area contributed by atoms with E-state index < -0.39 is 12.0 Å². The Bertz CT molecular complexity index is 184. The van der Waals surface area contributed by atoms with Crippen LogP contribution in [0.2, 0.25) is 0 Å². The van der Waals surface area contributed by atoms with Crippen LogP contribution in [0.4, 0.5) is 0 Å². The van der Waals surface area contributed by atoms with Crippen molar-refractivity contribution in [2.75, 3.05) is 7.05 Å². The van der Waals surface area contributed by atoms with Gasteiger partial charge in [-0.05, 0) is 6.42 Å². The van der Waals surface area contributed by atoms with Gasteiger partial charge in [0.25, 0.3) is 0 Å². The molecule has 1 atom stereocenters. The van der Waals surface area contributed by atoms with E-state index in [2.05, 4.69) is 12.6 Å². The molecule has 0 heterocycles. The van der Waals surface area contributed by atoms with Crippen molar-refractivity contribution in [2.24, 2.45) is 0 Å². The molecule has 0 saturated carbocycles. The maximum atomic E-state index is 10.7. The molecular formula is C7H13NO2S2. The molecule has 0 rings (SSSR count). The van der Waals surface area contributed by atoms with Crippen molar-refractivity contribution in [3.05, 3.63) is 0 Å². The Morgan fingerprint density at radius 2 is 2.25 bits per heavy atom. The molecule has 0 aromatic carbocycles. The third-order valence-electron chi connectivity index (χ3n) is 1.62. The van der Waals surface area contributed by atoms with Crippen LogP contribution in [-0.2, 0) is 4.79 Å². The highest BCUT2D eigenvalue weighted by atomic mass is 32.1. The molecule has 0 radical (unpaired) electrons. The van der Waals surface area contributed by atoms with Crippen molar-refractivity contribution in [2.45, 2.75) is 25.8 Å². The van der Waals surface area contributed by atoms with E-state index in [-0.39, 0.29) is 0 Å². The lowest BCUT2D eigenvalue weighted by Crippen LogP contribution is -2.39. The molecule has 0 amide bonds. The van der Waals surface area contributed by atoms with E-state index >= 15 is 0 Å². The monoisotopic (exact) mass is 207 g/mol. The molecule has 5 heteroatoms. The van der Waals surface area contributed by atoms with E-state index in [4.69, 9.17) is 17.3 Å². The standard InChI is InChI=1S/C7H13NO2S2/c1-3-4-5(6(9)10)8(2)7(11)12/h5H,3-4H2,1-2H3,(H,9,10)(H,11,12). The van der Waals surface area contributed by atoms with Crippen molar-refractivity contribution in [3.63, 3.8) is 0 Å². The van der Waals surface area contributed by atoms with Gasteiger partial charge in [0, 0.05) is 7.05 Å². The average Bonchev–Trinajstić information content (AvgIpc) is 1.98. The first-order valence-corrected chi connectivity index (χ1v) is 4.54. The molecule has 0 saturated heterocycles. The fourth-order valence-corrected chi connectivity index (χ4v) is 1.16. The predicted octanol–water partition coefficient (Wildman–Crippen LogP) is 1.39. The van der Waals surface area contributed by atoms with Gasteiger partial charge in [-0.2, -0.15) is 0 Å². The average molecular weight is 207 g/mol. The van der Waals surface area contributed by atoms with Crippen molar-refractivity contribution in [3.8, 4) is 0 Å². The van der Waals surface area contributed by atoms with Gasteiger partial charge in [-0.1, -0.05) is 25.6 Å². The SMILES string of the molecule is CCCC(C(=O)O)N(C)C(=S)S. The number of rotatable bonds is 4. The summed E-state index contributed by atoms with van der Waals surface area (Å²) in [5.41, 5.74) is 0. The van der Waals surface area contributed by atoms with E-state index in [0.29, 0.717) is 10.7 Å². The first kappa shape index (κ1) is 11.7. The zero-order chi connectivity index (χ0) is 9.72. The molecule has 0 aromatic heterocycles. The van der Waals surface area contributed by atoms with Crippen LogP contribution in [0.15, 0.2) is 0 Å². The molecule has 12 heavy (non-hydrogen) atoms. The topological polar surface area (TPSA) is 40.5 Å². The Hall–Kier alpha value is -0.290. The van der Waals surface area contributed by atoms with Crippen LogP contribution in [0.1, 0.15) is 19.8 Å². The van der Waals surface area contributed by atoms with Crippen molar-refractivity contribution < 1.29 is 9.90 Å². The van der Waals surface area contributed by atoms with Crippen LogP contribution in [-0.4, -0.2) is 33.4 Å². The number of thiocarbonyl (C=S) groups is 1. The third kappa shape index (κ3) is 3.40. The number of hydrogen-bond donors (Lipinski definition) is 2. The number of likely N-dealkylation sites (N-methyl/N-ethyl adjacent to an activating group) is 1. The Balaban J connectivity index is 4.28. The number of carboxylic acid groups (broad SMARTS) is 1. The lowest BCUT2D eigenvalue weighted by molar-refractivity contribution is -0.141. The van der Waals surface area contributed by atoms with Crippen LogP contribution in [0.5, 0.6) is 0 Å². The fraction of sp³-hybridized carbons (Fsp3) is 0.714. The maximum Gasteiger partial charge on any atom is 0.326 e. The van der Waals surface area contributed by atoms with Crippen LogP contribution >= 0.6 is 24.8 Å². The Kier molecular flexibility index (Phi) is 5.24. The van der Waals surface area contributed by atoms with E-state index in [1.807, 2.05) is 6.92 Å². The lowest BCUT2D eigenvalue weighted by atomic mass is 10.1. The number of thiol groups is 1. The van der Waals surface area contributed by atoms with Gasteiger partial charge in [-0.15, -0.1) is 12.6 Å². The van der Waals surface area contributed by atoms with Gasteiger partial charge in [0.1, 0.15) is 10.4 Å². The zero-order valence-corrected chi connectivity index (χ0v) is 8.86. The molecular weight excluding hydrogens is 194 g/mol. The molecule has 1 unspecified atom stereocenters. The van der Waals surface area contributed by atoms with Gasteiger partial charge in [0.05, 0.1) is 0 Å². The van der Waals surface area contributed by atoms with Crippen LogP contribution in [0, 0.1) is 0 Å². The highest BCUT2D eigenvalue weighted by Crippen LogP contribution is 2.07. The van der Waals surface area contributed by atoms with Gasteiger partial charge >= 0.3 is 5.97 Å². The maximum absolute atomic E-state index is 10.7. The van der Waals surface area contributed by atoms with E-state index in [1.165, 1.54) is 4.90 Å². The van der Waals surface area contributed by atoms with Gasteiger partial charge in [-0.3, -0.25) is 0 Å². The number of carbonyl (C=O) groups is 1. The minimum Gasteiger partial charge on any atom is -0.480 e. The Morgan fingerprint density at radius 3 is 2.50 bits per heavy atom. The molecule has 70 valence electrons. The normalized spacial score (nSPS) is 12.2. The molecule has 1 N–H and O–H groups in total. The molecule has 3 nitrogen and oxygen atoms in total. The molecule has 0 aliphatic carbocycles. The Labute approximate surface area is 83.2 Å². The van der Waals surface area contributed by atoms with Gasteiger partial charge in [0.15, 0.2) is 0 Å². The van der Waals surface area contributed by atoms with Crippen molar-refractivity contribution >= 4 is 35.1 Å². The van der Waals surface area contributed by atoms with Crippen LogP contribution in [0.3, 0.4) is 0 Å². The predicted molar refractivity (Wildman–Crippen MR) is 55.7 cm³/mol. The molecule has 0 aromatic rings. The number of carboxylic acids is 1. The molecule has 0 bridgehead atoms. The van der Waals surface area contributed by atoms with Crippen molar-refractivity contribution in [1.29, 1.82) is 0 Å². The van der Waals surface area contributed by atoms with Crippen LogP contribution < -0.4 is 0 Å². The molecule has 0 aliphatic heterocycles. The summed E-state index contributed by atoms with van der Waals surface area (Å²) in [4.78, 5) is 12.2. The smallest absolute Gasteiger partial charge is 0.326 e. The zero-order valence-electron chi connectivity index (χ0n) is 7.15. The third-order valence-corrected chi connectivity index (χ3v) is 2.22. The Morgan fingerprint density at radius 1 is 1.75 bits per heavy atom.